The van der Waals surface area contributed by atoms with Gasteiger partial charge in [0.1, 0.15) is 12.1 Å². The third-order valence-electron chi connectivity index (χ3n) is 3.23. The molecule has 0 heterocycles. The van der Waals surface area contributed by atoms with E-state index in [2.05, 4.69) is 6.92 Å². The first-order chi connectivity index (χ1) is 10.2. The van der Waals surface area contributed by atoms with Gasteiger partial charge in [-0.15, -0.1) is 11.6 Å². The summed E-state index contributed by atoms with van der Waals surface area (Å²) in [7, 11) is 0. The smallest absolute Gasteiger partial charge is 0.246 e. The molecule has 1 aromatic carbocycles. The van der Waals surface area contributed by atoms with Crippen LogP contribution in [0.25, 0.3) is 0 Å². The predicted octanol–water partition coefficient (Wildman–Crippen LogP) is 4.15. The summed E-state index contributed by atoms with van der Waals surface area (Å²) in [6.45, 7) is 6.60. The van der Waals surface area contributed by atoms with E-state index in [0.717, 1.165) is 17.7 Å². The number of halogens is 1. The maximum atomic E-state index is 12.5. The molecule has 1 atom stereocenters. The molecular formula is C17H24ClNO2. The standard InChI is InChI=1S/C17H24ClNO2/c1-4-7-12-21-13-19(17(20)15(18)6-3)16-11-9-8-10-14(16)5-2/h4,7-11,15H,5-6,12-13H2,1-3H3/b7-4-. The minimum absolute atomic E-state index is 0.111. The molecule has 1 amide bonds. The third kappa shape index (κ3) is 5.18. The highest BCUT2D eigenvalue weighted by Crippen LogP contribution is 2.23. The van der Waals surface area contributed by atoms with Crippen LogP contribution in [0.2, 0.25) is 0 Å². The van der Waals surface area contributed by atoms with E-state index in [0.29, 0.717) is 13.0 Å². The molecule has 0 radical (unpaired) electrons. The number of nitrogens with zero attached hydrogens (tertiary/aromatic N) is 1. The lowest BCUT2D eigenvalue weighted by atomic mass is 10.1. The molecular weight excluding hydrogens is 286 g/mol. The van der Waals surface area contributed by atoms with Crippen molar-refractivity contribution in [1.82, 2.24) is 0 Å². The van der Waals surface area contributed by atoms with Crippen LogP contribution in [-0.4, -0.2) is 24.6 Å². The van der Waals surface area contributed by atoms with E-state index in [1.807, 2.05) is 50.3 Å². The fourth-order valence-corrected chi connectivity index (χ4v) is 2.09. The summed E-state index contributed by atoms with van der Waals surface area (Å²) in [5.74, 6) is -0.111. The highest BCUT2D eigenvalue weighted by atomic mass is 35.5. The Morgan fingerprint density at radius 2 is 2.10 bits per heavy atom. The molecule has 4 heteroatoms. The van der Waals surface area contributed by atoms with Gasteiger partial charge in [0.25, 0.3) is 0 Å². The van der Waals surface area contributed by atoms with Gasteiger partial charge in [0, 0.05) is 5.69 Å². The molecule has 0 saturated carbocycles. The first kappa shape index (κ1) is 17.7. The highest BCUT2D eigenvalue weighted by molar-refractivity contribution is 6.32. The lowest BCUT2D eigenvalue weighted by molar-refractivity contribution is -0.119. The monoisotopic (exact) mass is 309 g/mol. The van der Waals surface area contributed by atoms with Crippen molar-refractivity contribution in [1.29, 1.82) is 0 Å². The number of anilines is 1. The number of carbonyl (C=O) groups excluding carboxylic acids is 1. The molecule has 0 fully saturated rings. The number of carbonyl (C=O) groups is 1. The number of rotatable bonds is 8. The zero-order chi connectivity index (χ0) is 15.7. The van der Waals surface area contributed by atoms with E-state index in [1.165, 1.54) is 0 Å². The van der Waals surface area contributed by atoms with Crippen LogP contribution in [0.1, 0.15) is 32.8 Å². The number of ether oxygens (including phenoxy) is 1. The summed E-state index contributed by atoms with van der Waals surface area (Å²) in [4.78, 5) is 14.1. The summed E-state index contributed by atoms with van der Waals surface area (Å²) >= 11 is 6.14. The van der Waals surface area contributed by atoms with Gasteiger partial charge in [-0.2, -0.15) is 0 Å². The number of alkyl halides is 1. The maximum absolute atomic E-state index is 12.5. The third-order valence-corrected chi connectivity index (χ3v) is 3.72. The molecule has 0 aliphatic rings. The molecule has 3 nitrogen and oxygen atoms in total. The van der Waals surface area contributed by atoms with Gasteiger partial charge in [0.2, 0.25) is 5.91 Å². The molecule has 0 aromatic heterocycles. The topological polar surface area (TPSA) is 29.5 Å². The number of para-hydroxylation sites is 1. The van der Waals surface area contributed by atoms with E-state index in [1.54, 1.807) is 4.90 Å². The summed E-state index contributed by atoms with van der Waals surface area (Å²) in [5.41, 5.74) is 1.99. The summed E-state index contributed by atoms with van der Waals surface area (Å²) < 4.78 is 5.57. The van der Waals surface area contributed by atoms with E-state index >= 15 is 0 Å². The highest BCUT2D eigenvalue weighted by Gasteiger charge is 2.23. The molecule has 0 aliphatic carbocycles. The molecule has 0 spiro atoms. The first-order valence-electron chi connectivity index (χ1n) is 7.37. The van der Waals surface area contributed by atoms with Crippen LogP contribution < -0.4 is 4.90 Å². The zero-order valence-electron chi connectivity index (χ0n) is 13.0. The quantitative estimate of drug-likeness (QED) is 0.312. The van der Waals surface area contributed by atoms with Gasteiger partial charge in [-0.05, 0) is 31.4 Å². The number of hydrogen-bond donors (Lipinski definition) is 0. The molecule has 1 unspecified atom stereocenters. The van der Waals surface area contributed by atoms with Crippen LogP contribution in [0.5, 0.6) is 0 Å². The Labute approximate surface area is 132 Å². The lowest BCUT2D eigenvalue weighted by Crippen LogP contribution is -2.39. The molecule has 0 N–H and O–H groups in total. The van der Waals surface area contributed by atoms with Crippen molar-refractivity contribution in [2.45, 2.75) is 39.0 Å². The molecule has 0 bridgehead atoms. The van der Waals surface area contributed by atoms with Crippen LogP contribution in [0.3, 0.4) is 0 Å². The Bertz CT molecular complexity index is 474. The Balaban J connectivity index is 2.97. The van der Waals surface area contributed by atoms with Gasteiger partial charge in [-0.3, -0.25) is 9.69 Å². The van der Waals surface area contributed by atoms with Gasteiger partial charge in [-0.1, -0.05) is 44.2 Å². The van der Waals surface area contributed by atoms with Gasteiger partial charge in [-0.25, -0.2) is 0 Å². The maximum Gasteiger partial charge on any atom is 0.246 e. The van der Waals surface area contributed by atoms with Gasteiger partial charge in [0.05, 0.1) is 6.61 Å². The van der Waals surface area contributed by atoms with Gasteiger partial charge >= 0.3 is 0 Å². The molecule has 21 heavy (non-hydrogen) atoms. The average Bonchev–Trinajstić information content (AvgIpc) is 2.53. The average molecular weight is 310 g/mol. The fraction of sp³-hybridized carbons (Fsp3) is 0.471. The SMILES string of the molecule is C/C=C\COCN(C(=O)C(Cl)CC)c1ccccc1CC. The second-order valence-corrected chi connectivity index (χ2v) is 5.22. The summed E-state index contributed by atoms with van der Waals surface area (Å²) in [6.07, 6.45) is 5.28. The lowest BCUT2D eigenvalue weighted by Gasteiger charge is -2.26. The number of allylic oxidation sites excluding steroid dienone is 1. The summed E-state index contributed by atoms with van der Waals surface area (Å²) in [6, 6.07) is 7.87. The Morgan fingerprint density at radius 3 is 2.71 bits per heavy atom. The number of aryl methyl sites for hydroxylation is 1. The van der Waals surface area contributed by atoms with E-state index in [-0.39, 0.29) is 12.6 Å². The number of benzene rings is 1. The summed E-state index contributed by atoms with van der Waals surface area (Å²) in [5, 5.41) is -0.528. The Kier molecular flexibility index (Phi) is 8.09. The second kappa shape index (κ2) is 9.59. The molecule has 116 valence electrons. The van der Waals surface area contributed by atoms with E-state index in [9.17, 15) is 4.79 Å². The predicted molar refractivity (Wildman–Crippen MR) is 88.9 cm³/mol. The van der Waals surface area contributed by atoms with E-state index in [4.69, 9.17) is 16.3 Å². The molecule has 1 aromatic rings. The van der Waals surface area contributed by atoms with Crippen LogP contribution in [0.15, 0.2) is 36.4 Å². The second-order valence-electron chi connectivity index (χ2n) is 4.69. The molecule has 0 aliphatic heterocycles. The van der Waals surface area contributed by atoms with Crippen molar-refractivity contribution < 1.29 is 9.53 Å². The number of hydrogen-bond acceptors (Lipinski definition) is 2. The van der Waals surface area contributed by atoms with Crippen molar-refractivity contribution in [3.8, 4) is 0 Å². The van der Waals surface area contributed by atoms with Crippen molar-refractivity contribution >= 4 is 23.2 Å². The van der Waals surface area contributed by atoms with Crippen molar-refractivity contribution in [2.24, 2.45) is 0 Å². The normalized spacial score (nSPS) is 12.6. The van der Waals surface area contributed by atoms with Crippen molar-refractivity contribution in [3.63, 3.8) is 0 Å². The largest absolute Gasteiger partial charge is 0.357 e. The minimum Gasteiger partial charge on any atom is -0.357 e. The van der Waals surface area contributed by atoms with Crippen molar-refractivity contribution in [3.05, 3.63) is 42.0 Å². The molecule has 0 saturated heterocycles. The Morgan fingerprint density at radius 1 is 1.38 bits per heavy atom. The van der Waals surface area contributed by atoms with E-state index < -0.39 is 5.38 Å². The minimum atomic E-state index is -0.528. The van der Waals surface area contributed by atoms with Crippen LogP contribution in [-0.2, 0) is 16.0 Å². The number of amides is 1. The van der Waals surface area contributed by atoms with Crippen LogP contribution in [0.4, 0.5) is 5.69 Å². The zero-order valence-corrected chi connectivity index (χ0v) is 13.8. The van der Waals surface area contributed by atoms with Gasteiger partial charge in [0.15, 0.2) is 0 Å². The van der Waals surface area contributed by atoms with Crippen molar-refractivity contribution in [2.75, 3.05) is 18.2 Å². The Hall–Kier alpha value is -1.32. The van der Waals surface area contributed by atoms with Gasteiger partial charge < -0.3 is 4.74 Å². The first-order valence-corrected chi connectivity index (χ1v) is 7.81. The van der Waals surface area contributed by atoms with Crippen LogP contribution >= 0.6 is 11.6 Å². The fourth-order valence-electron chi connectivity index (χ4n) is 1.98. The van der Waals surface area contributed by atoms with Crippen LogP contribution in [0, 0.1) is 0 Å². The molecule has 1 rings (SSSR count).